The van der Waals surface area contributed by atoms with Crippen LogP contribution < -0.4 is 10.1 Å². The average Bonchev–Trinajstić information content (AvgIpc) is 2.47. The molecule has 0 saturated heterocycles. The molecule has 1 amide bonds. The summed E-state index contributed by atoms with van der Waals surface area (Å²) in [6.07, 6.45) is 0. The molecule has 3 nitrogen and oxygen atoms in total. The van der Waals surface area contributed by atoms with Gasteiger partial charge in [0.2, 0.25) is 0 Å². The van der Waals surface area contributed by atoms with Crippen LogP contribution in [0.1, 0.15) is 28.9 Å². The molecule has 2 aromatic carbocycles. The van der Waals surface area contributed by atoms with Gasteiger partial charge in [-0.3, -0.25) is 4.79 Å². The number of benzene rings is 2. The van der Waals surface area contributed by atoms with E-state index in [4.69, 9.17) is 4.74 Å². The first-order valence-electron chi connectivity index (χ1n) is 6.41. The lowest BCUT2D eigenvalue weighted by molar-refractivity contribution is 0.0935. The van der Waals surface area contributed by atoms with Gasteiger partial charge in [-0.1, -0.05) is 18.2 Å². The number of amides is 1. The summed E-state index contributed by atoms with van der Waals surface area (Å²) in [7, 11) is 1.38. The number of nitrogens with one attached hydrogen (secondary N) is 1. The molecular formula is C16H15F2NO2. The highest BCUT2D eigenvalue weighted by molar-refractivity contribution is 5.94. The summed E-state index contributed by atoms with van der Waals surface area (Å²) in [6, 6.07) is 9.65. The van der Waals surface area contributed by atoms with Gasteiger partial charge >= 0.3 is 0 Å². The molecule has 0 aliphatic carbocycles. The predicted octanol–water partition coefficient (Wildman–Crippen LogP) is 3.46. The Labute approximate surface area is 121 Å². The average molecular weight is 291 g/mol. The first-order valence-corrected chi connectivity index (χ1v) is 6.41. The van der Waals surface area contributed by atoms with Crippen LogP contribution in [0.2, 0.25) is 0 Å². The number of rotatable bonds is 4. The highest BCUT2D eigenvalue weighted by Gasteiger charge is 2.15. The summed E-state index contributed by atoms with van der Waals surface area (Å²) in [5.74, 6) is -1.52. The molecule has 0 heterocycles. The number of hydrogen-bond donors (Lipinski definition) is 1. The Morgan fingerprint density at radius 2 is 1.86 bits per heavy atom. The minimum atomic E-state index is -0.594. The van der Waals surface area contributed by atoms with Crippen molar-refractivity contribution in [1.82, 2.24) is 5.32 Å². The summed E-state index contributed by atoms with van der Waals surface area (Å²) in [4.78, 5) is 12.0. The molecule has 0 spiro atoms. The van der Waals surface area contributed by atoms with Gasteiger partial charge in [0.1, 0.15) is 5.82 Å². The summed E-state index contributed by atoms with van der Waals surface area (Å²) >= 11 is 0. The fourth-order valence-electron chi connectivity index (χ4n) is 1.96. The lowest BCUT2D eigenvalue weighted by Gasteiger charge is -2.15. The SMILES string of the molecule is COc1ccc([C@@H](C)NC(=O)c2ccccc2F)cc1F. The van der Waals surface area contributed by atoms with E-state index < -0.39 is 23.6 Å². The zero-order valence-corrected chi connectivity index (χ0v) is 11.7. The van der Waals surface area contributed by atoms with Crippen molar-refractivity contribution in [3.8, 4) is 5.75 Å². The van der Waals surface area contributed by atoms with E-state index in [9.17, 15) is 13.6 Å². The van der Waals surface area contributed by atoms with Gasteiger partial charge in [0, 0.05) is 0 Å². The van der Waals surface area contributed by atoms with Crippen LogP contribution >= 0.6 is 0 Å². The van der Waals surface area contributed by atoms with Gasteiger partial charge in [-0.15, -0.1) is 0 Å². The minimum absolute atomic E-state index is 0.0432. The molecule has 0 aliphatic heterocycles. The number of carbonyl (C=O) groups excluding carboxylic acids is 1. The first kappa shape index (κ1) is 15.0. The van der Waals surface area contributed by atoms with Gasteiger partial charge in [0.05, 0.1) is 18.7 Å². The van der Waals surface area contributed by atoms with Crippen LogP contribution in [-0.2, 0) is 0 Å². The normalized spacial score (nSPS) is 11.8. The third-order valence-corrected chi connectivity index (χ3v) is 3.14. The number of halogens is 2. The Bertz CT molecular complexity index is 658. The molecule has 0 bridgehead atoms. The second-order valence-electron chi connectivity index (χ2n) is 4.57. The van der Waals surface area contributed by atoms with E-state index in [1.54, 1.807) is 19.1 Å². The molecule has 1 atom stereocenters. The lowest BCUT2D eigenvalue weighted by Crippen LogP contribution is -2.27. The van der Waals surface area contributed by atoms with Crippen molar-refractivity contribution in [2.24, 2.45) is 0 Å². The van der Waals surface area contributed by atoms with Crippen LogP contribution in [0.4, 0.5) is 8.78 Å². The Morgan fingerprint density at radius 3 is 2.48 bits per heavy atom. The monoisotopic (exact) mass is 291 g/mol. The zero-order chi connectivity index (χ0) is 15.4. The van der Waals surface area contributed by atoms with E-state index >= 15 is 0 Å². The summed E-state index contributed by atoms with van der Waals surface area (Å²) in [5.41, 5.74) is 0.524. The Hall–Kier alpha value is -2.43. The van der Waals surface area contributed by atoms with Crippen molar-refractivity contribution in [3.05, 3.63) is 65.2 Å². The third kappa shape index (κ3) is 3.37. The van der Waals surface area contributed by atoms with E-state index in [0.717, 1.165) is 0 Å². The molecule has 0 aliphatic rings. The second-order valence-corrected chi connectivity index (χ2v) is 4.57. The minimum Gasteiger partial charge on any atom is -0.494 e. The van der Waals surface area contributed by atoms with Crippen LogP contribution in [0.15, 0.2) is 42.5 Å². The van der Waals surface area contributed by atoms with E-state index in [0.29, 0.717) is 5.56 Å². The van der Waals surface area contributed by atoms with E-state index in [-0.39, 0.29) is 11.3 Å². The summed E-state index contributed by atoms with van der Waals surface area (Å²) in [6.45, 7) is 1.69. The first-order chi connectivity index (χ1) is 10.0. The molecule has 0 aromatic heterocycles. The van der Waals surface area contributed by atoms with Crippen molar-refractivity contribution in [2.75, 3.05) is 7.11 Å². The van der Waals surface area contributed by atoms with Gasteiger partial charge in [-0.05, 0) is 36.8 Å². The second kappa shape index (κ2) is 6.35. The van der Waals surface area contributed by atoms with Gasteiger partial charge in [0.25, 0.3) is 5.91 Å². The standard InChI is InChI=1S/C16H15F2NO2/c1-10(11-7-8-15(21-2)14(18)9-11)19-16(20)12-5-3-4-6-13(12)17/h3-10H,1-2H3,(H,19,20)/t10-/m1/s1. The maximum Gasteiger partial charge on any atom is 0.254 e. The predicted molar refractivity (Wildman–Crippen MR) is 75.2 cm³/mol. The fourth-order valence-corrected chi connectivity index (χ4v) is 1.96. The zero-order valence-electron chi connectivity index (χ0n) is 11.7. The van der Waals surface area contributed by atoms with Gasteiger partial charge < -0.3 is 10.1 Å². The van der Waals surface area contributed by atoms with Crippen LogP contribution in [-0.4, -0.2) is 13.0 Å². The molecule has 21 heavy (non-hydrogen) atoms. The Balaban J connectivity index is 2.14. The maximum absolute atomic E-state index is 13.6. The number of ether oxygens (including phenoxy) is 1. The van der Waals surface area contributed by atoms with Crippen LogP contribution in [0, 0.1) is 11.6 Å². The van der Waals surface area contributed by atoms with Gasteiger partial charge in [0.15, 0.2) is 11.6 Å². The highest BCUT2D eigenvalue weighted by atomic mass is 19.1. The molecule has 2 rings (SSSR count). The smallest absolute Gasteiger partial charge is 0.254 e. The van der Waals surface area contributed by atoms with Crippen molar-refractivity contribution in [2.45, 2.75) is 13.0 Å². The Morgan fingerprint density at radius 1 is 1.14 bits per heavy atom. The molecule has 0 saturated carbocycles. The van der Waals surface area contributed by atoms with Crippen molar-refractivity contribution < 1.29 is 18.3 Å². The number of carbonyl (C=O) groups is 1. The molecule has 5 heteroatoms. The molecule has 2 aromatic rings. The lowest BCUT2D eigenvalue weighted by atomic mass is 10.1. The van der Waals surface area contributed by atoms with Gasteiger partial charge in [-0.25, -0.2) is 8.78 Å². The summed E-state index contributed by atoms with van der Waals surface area (Å²) in [5, 5.41) is 2.63. The molecular weight excluding hydrogens is 276 g/mol. The third-order valence-electron chi connectivity index (χ3n) is 3.14. The van der Waals surface area contributed by atoms with E-state index in [2.05, 4.69) is 5.32 Å². The van der Waals surface area contributed by atoms with E-state index in [1.165, 1.54) is 37.4 Å². The fraction of sp³-hybridized carbons (Fsp3) is 0.188. The molecule has 0 radical (unpaired) electrons. The molecule has 0 unspecified atom stereocenters. The number of methoxy groups -OCH3 is 1. The molecule has 110 valence electrons. The van der Waals surface area contributed by atoms with E-state index in [1.807, 2.05) is 0 Å². The Kier molecular flexibility index (Phi) is 4.52. The van der Waals surface area contributed by atoms with Crippen LogP contribution in [0.5, 0.6) is 5.75 Å². The molecule has 1 N–H and O–H groups in total. The quantitative estimate of drug-likeness (QED) is 0.936. The van der Waals surface area contributed by atoms with Gasteiger partial charge in [-0.2, -0.15) is 0 Å². The van der Waals surface area contributed by atoms with Crippen molar-refractivity contribution in [1.29, 1.82) is 0 Å². The largest absolute Gasteiger partial charge is 0.494 e. The van der Waals surface area contributed by atoms with Crippen LogP contribution in [0.3, 0.4) is 0 Å². The van der Waals surface area contributed by atoms with Crippen molar-refractivity contribution in [3.63, 3.8) is 0 Å². The highest BCUT2D eigenvalue weighted by Crippen LogP contribution is 2.22. The summed E-state index contributed by atoms with van der Waals surface area (Å²) < 4.78 is 32.0. The van der Waals surface area contributed by atoms with Crippen LogP contribution in [0.25, 0.3) is 0 Å². The topological polar surface area (TPSA) is 38.3 Å². The number of hydrogen-bond acceptors (Lipinski definition) is 2. The maximum atomic E-state index is 13.6. The van der Waals surface area contributed by atoms with Crippen molar-refractivity contribution >= 4 is 5.91 Å². The molecule has 0 fully saturated rings.